The van der Waals surface area contributed by atoms with Gasteiger partial charge in [0.15, 0.2) is 5.78 Å². The van der Waals surface area contributed by atoms with Crippen LogP contribution in [0.2, 0.25) is 0 Å². The van der Waals surface area contributed by atoms with E-state index in [1.807, 2.05) is 30.3 Å². The van der Waals surface area contributed by atoms with Crippen LogP contribution in [0.25, 0.3) is 0 Å². The van der Waals surface area contributed by atoms with Crippen LogP contribution in [0.1, 0.15) is 36.2 Å². The van der Waals surface area contributed by atoms with Gasteiger partial charge in [-0.2, -0.15) is 5.10 Å². The minimum Gasteiger partial charge on any atom is -0.292 e. The van der Waals surface area contributed by atoms with Gasteiger partial charge in [0.25, 0.3) is 0 Å². The zero-order valence-electron chi connectivity index (χ0n) is 9.78. The van der Waals surface area contributed by atoms with Crippen molar-refractivity contribution in [2.45, 2.75) is 25.8 Å². The third-order valence-corrected chi connectivity index (χ3v) is 2.68. The molecule has 2 aromatic rings. The van der Waals surface area contributed by atoms with Gasteiger partial charge in [-0.05, 0) is 6.42 Å². The van der Waals surface area contributed by atoms with E-state index in [1.165, 1.54) is 6.33 Å². The summed E-state index contributed by atoms with van der Waals surface area (Å²) in [6.45, 7) is 2.06. The fourth-order valence-corrected chi connectivity index (χ4v) is 1.83. The molecular formula is C13H15N3O. The Labute approximate surface area is 100 Å². The number of aromatic nitrogens is 3. The Kier molecular flexibility index (Phi) is 3.65. The molecule has 1 aromatic heterocycles. The van der Waals surface area contributed by atoms with Crippen LogP contribution in [0.5, 0.6) is 0 Å². The number of benzene rings is 1. The Bertz CT molecular complexity index is 465. The quantitative estimate of drug-likeness (QED) is 0.740. The van der Waals surface area contributed by atoms with Crippen LogP contribution in [0, 0.1) is 0 Å². The Morgan fingerprint density at radius 1 is 1.35 bits per heavy atom. The Morgan fingerprint density at radius 3 is 2.71 bits per heavy atom. The van der Waals surface area contributed by atoms with E-state index in [1.54, 1.807) is 11.0 Å². The highest BCUT2D eigenvalue weighted by atomic mass is 16.1. The van der Waals surface area contributed by atoms with Crippen LogP contribution in [-0.4, -0.2) is 20.5 Å². The number of ketones is 1. The minimum atomic E-state index is -0.245. The molecule has 0 spiro atoms. The standard InChI is InChI=1S/C13H15N3O/c1-2-6-12(16-10-14-9-15-16)13(17)11-7-4-3-5-8-11/h3-5,7-10,12H,2,6H2,1H3/t12-/m1/s1. The van der Waals surface area contributed by atoms with Gasteiger partial charge in [0.05, 0.1) is 0 Å². The summed E-state index contributed by atoms with van der Waals surface area (Å²) >= 11 is 0. The van der Waals surface area contributed by atoms with Crippen molar-refractivity contribution in [3.05, 3.63) is 48.5 Å². The molecule has 4 nitrogen and oxygen atoms in total. The van der Waals surface area contributed by atoms with E-state index in [0.717, 1.165) is 18.4 Å². The van der Waals surface area contributed by atoms with Crippen LogP contribution in [0.15, 0.2) is 43.0 Å². The maximum atomic E-state index is 12.3. The van der Waals surface area contributed by atoms with E-state index in [9.17, 15) is 4.79 Å². The van der Waals surface area contributed by atoms with E-state index in [0.29, 0.717) is 0 Å². The molecule has 1 atom stereocenters. The van der Waals surface area contributed by atoms with Crippen LogP contribution in [-0.2, 0) is 0 Å². The molecule has 0 saturated heterocycles. The second kappa shape index (κ2) is 5.39. The lowest BCUT2D eigenvalue weighted by atomic mass is 10.0. The summed E-state index contributed by atoms with van der Waals surface area (Å²) in [5.74, 6) is 0.0953. The van der Waals surface area contributed by atoms with Crippen molar-refractivity contribution in [3.8, 4) is 0 Å². The first-order valence-electron chi connectivity index (χ1n) is 5.76. The molecule has 0 aliphatic heterocycles. The van der Waals surface area contributed by atoms with Crippen molar-refractivity contribution in [2.24, 2.45) is 0 Å². The summed E-state index contributed by atoms with van der Waals surface area (Å²) in [6, 6.07) is 9.07. The first kappa shape index (κ1) is 11.5. The molecule has 17 heavy (non-hydrogen) atoms. The molecule has 0 saturated carbocycles. The van der Waals surface area contributed by atoms with Crippen molar-refractivity contribution in [1.82, 2.24) is 14.8 Å². The second-order valence-electron chi connectivity index (χ2n) is 3.91. The van der Waals surface area contributed by atoms with Gasteiger partial charge in [-0.25, -0.2) is 9.67 Å². The van der Waals surface area contributed by atoms with Crippen molar-refractivity contribution < 1.29 is 4.79 Å². The molecule has 4 heteroatoms. The van der Waals surface area contributed by atoms with Gasteiger partial charge < -0.3 is 0 Å². The Hall–Kier alpha value is -1.97. The molecule has 0 unspecified atom stereocenters. The summed E-state index contributed by atoms with van der Waals surface area (Å²) in [4.78, 5) is 16.2. The van der Waals surface area contributed by atoms with Crippen LogP contribution < -0.4 is 0 Å². The lowest BCUT2D eigenvalue weighted by Crippen LogP contribution is -2.20. The molecule has 0 radical (unpaired) electrons. The fourth-order valence-electron chi connectivity index (χ4n) is 1.83. The molecule has 0 bridgehead atoms. The highest BCUT2D eigenvalue weighted by Gasteiger charge is 2.21. The Balaban J connectivity index is 2.26. The summed E-state index contributed by atoms with van der Waals surface area (Å²) in [5, 5.41) is 4.07. The summed E-state index contributed by atoms with van der Waals surface area (Å²) in [6.07, 6.45) is 4.77. The van der Waals surface area contributed by atoms with Crippen LogP contribution >= 0.6 is 0 Å². The van der Waals surface area contributed by atoms with Crippen LogP contribution in [0.3, 0.4) is 0 Å². The van der Waals surface area contributed by atoms with E-state index in [-0.39, 0.29) is 11.8 Å². The molecule has 1 heterocycles. The third kappa shape index (κ3) is 2.58. The normalized spacial score (nSPS) is 12.3. The molecule has 2 rings (SSSR count). The molecule has 0 fully saturated rings. The van der Waals surface area contributed by atoms with Gasteiger partial charge in [0.2, 0.25) is 0 Å². The smallest absolute Gasteiger partial charge is 0.187 e. The predicted molar refractivity (Wildman–Crippen MR) is 64.7 cm³/mol. The SMILES string of the molecule is CCC[C@H](C(=O)c1ccccc1)n1cncn1. The van der Waals surface area contributed by atoms with Crippen molar-refractivity contribution in [1.29, 1.82) is 0 Å². The van der Waals surface area contributed by atoms with E-state index >= 15 is 0 Å². The van der Waals surface area contributed by atoms with Gasteiger partial charge >= 0.3 is 0 Å². The fraction of sp³-hybridized carbons (Fsp3) is 0.308. The third-order valence-electron chi connectivity index (χ3n) is 2.68. The number of Topliss-reactive ketones (excluding diaryl/α,β-unsaturated/α-hetero) is 1. The number of carbonyl (C=O) groups excluding carboxylic acids is 1. The van der Waals surface area contributed by atoms with Crippen LogP contribution in [0.4, 0.5) is 0 Å². The molecule has 0 aliphatic carbocycles. The molecule has 0 aliphatic rings. The maximum Gasteiger partial charge on any atom is 0.187 e. The Morgan fingerprint density at radius 2 is 2.12 bits per heavy atom. The molecule has 0 amide bonds. The first-order valence-corrected chi connectivity index (χ1v) is 5.76. The second-order valence-corrected chi connectivity index (χ2v) is 3.91. The summed E-state index contributed by atoms with van der Waals surface area (Å²) in [5.41, 5.74) is 0.724. The van der Waals surface area contributed by atoms with Gasteiger partial charge in [-0.1, -0.05) is 43.7 Å². The minimum absolute atomic E-state index is 0.0953. The monoisotopic (exact) mass is 229 g/mol. The highest BCUT2D eigenvalue weighted by molar-refractivity contribution is 5.98. The van der Waals surface area contributed by atoms with E-state index < -0.39 is 0 Å². The summed E-state index contributed by atoms with van der Waals surface area (Å²) in [7, 11) is 0. The number of hydrogen-bond acceptors (Lipinski definition) is 3. The van der Waals surface area contributed by atoms with Gasteiger partial charge in [-0.15, -0.1) is 0 Å². The average molecular weight is 229 g/mol. The number of nitrogens with zero attached hydrogens (tertiary/aromatic N) is 3. The predicted octanol–water partition coefficient (Wildman–Crippen LogP) is 2.50. The number of carbonyl (C=O) groups is 1. The first-order chi connectivity index (χ1) is 8.33. The lowest BCUT2D eigenvalue weighted by molar-refractivity contribution is 0.0910. The van der Waals surface area contributed by atoms with Gasteiger partial charge in [0, 0.05) is 5.56 Å². The molecule has 88 valence electrons. The van der Waals surface area contributed by atoms with E-state index in [4.69, 9.17) is 0 Å². The number of rotatable bonds is 5. The average Bonchev–Trinajstić information content (AvgIpc) is 2.90. The topological polar surface area (TPSA) is 47.8 Å². The maximum absolute atomic E-state index is 12.3. The van der Waals surface area contributed by atoms with Crippen molar-refractivity contribution in [2.75, 3.05) is 0 Å². The molecule has 1 aromatic carbocycles. The van der Waals surface area contributed by atoms with Gasteiger partial charge in [-0.3, -0.25) is 4.79 Å². The molecular weight excluding hydrogens is 214 g/mol. The largest absolute Gasteiger partial charge is 0.292 e. The van der Waals surface area contributed by atoms with E-state index in [2.05, 4.69) is 17.0 Å². The number of hydrogen-bond donors (Lipinski definition) is 0. The van der Waals surface area contributed by atoms with Crippen molar-refractivity contribution in [3.63, 3.8) is 0 Å². The van der Waals surface area contributed by atoms with Crippen molar-refractivity contribution >= 4 is 5.78 Å². The lowest BCUT2D eigenvalue weighted by Gasteiger charge is -2.14. The zero-order valence-corrected chi connectivity index (χ0v) is 9.78. The zero-order chi connectivity index (χ0) is 12.1. The summed E-state index contributed by atoms with van der Waals surface area (Å²) < 4.78 is 1.64. The molecule has 0 N–H and O–H groups in total. The highest BCUT2D eigenvalue weighted by Crippen LogP contribution is 2.18. The van der Waals surface area contributed by atoms with Gasteiger partial charge in [0.1, 0.15) is 18.7 Å².